The van der Waals surface area contributed by atoms with Crippen molar-refractivity contribution in [3.05, 3.63) is 35.3 Å². The van der Waals surface area contributed by atoms with Gasteiger partial charge in [-0.15, -0.1) is 11.3 Å². The Labute approximate surface area is 144 Å². The molecule has 1 amide bonds. The number of thioether (sulfide) groups is 1. The molecule has 0 saturated heterocycles. The van der Waals surface area contributed by atoms with Gasteiger partial charge in [-0.3, -0.25) is 4.79 Å². The Morgan fingerprint density at radius 3 is 2.57 bits per heavy atom. The predicted octanol–water partition coefficient (Wildman–Crippen LogP) is 3.14. The van der Waals surface area contributed by atoms with Crippen LogP contribution in [0.1, 0.15) is 12.6 Å². The minimum absolute atomic E-state index is 0.0156. The quantitative estimate of drug-likeness (QED) is 0.555. The first-order valence-corrected chi connectivity index (χ1v) is 9.21. The number of amides is 1. The van der Waals surface area contributed by atoms with Crippen molar-refractivity contribution in [2.75, 3.05) is 25.5 Å². The molecule has 1 N–H and O–H groups in total. The van der Waals surface area contributed by atoms with Gasteiger partial charge in [-0.2, -0.15) is 0 Å². The normalized spacial score (nSPS) is 10.3. The van der Waals surface area contributed by atoms with Crippen molar-refractivity contribution < 1.29 is 14.3 Å². The molecule has 23 heavy (non-hydrogen) atoms. The Morgan fingerprint density at radius 2 is 1.96 bits per heavy atom. The van der Waals surface area contributed by atoms with Gasteiger partial charge in [0.2, 0.25) is 5.91 Å². The fourth-order valence-corrected chi connectivity index (χ4v) is 3.41. The molecule has 1 aromatic carbocycles. The highest BCUT2D eigenvalue weighted by molar-refractivity contribution is 8.01. The summed E-state index contributed by atoms with van der Waals surface area (Å²) in [5.74, 6) is 1.94. The molecule has 2 rings (SSSR count). The second-order valence-electron chi connectivity index (χ2n) is 4.65. The van der Waals surface area contributed by atoms with E-state index in [9.17, 15) is 4.79 Å². The summed E-state index contributed by atoms with van der Waals surface area (Å²) in [7, 11) is 0. The third kappa shape index (κ3) is 6.50. The van der Waals surface area contributed by atoms with Crippen molar-refractivity contribution in [3.8, 4) is 11.5 Å². The summed E-state index contributed by atoms with van der Waals surface area (Å²) in [6.07, 6.45) is 0. The Kier molecular flexibility index (Phi) is 7.22. The largest absolute Gasteiger partial charge is 0.494 e. The zero-order valence-corrected chi connectivity index (χ0v) is 14.8. The van der Waals surface area contributed by atoms with Gasteiger partial charge in [0.15, 0.2) is 4.34 Å². The zero-order chi connectivity index (χ0) is 16.5. The van der Waals surface area contributed by atoms with Crippen LogP contribution in [0.5, 0.6) is 11.5 Å². The number of aryl methyl sites for hydroxylation is 1. The zero-order valence-electron chi connectivity index (χ0n) is 13.2. The number of carbonyl (C=O) groups is 1. The molecule has 124 valence electrons. The van der Waals surface area contributed by atoms with Gasteiger partial charge in [-0.05, 0) is 38.1 Å². The molecule has 0 unspecified atom stereocenters. The van der Waals surface area contributed by atoms with Crippen LogP contribution in [0, 0.1) is 6.92 Å². The highest BCUT2D eigenvalue weighted by atomic mass is 32.2. The molecule has 0 aliphatic rings. The molecule has 0 spiro atoms. The van der Waals surface area contributed by atoms with Crippen molar-refractivity contribution in [1.82, 2.24) is 10.3 Å². The summed E-state index contributed by atoms with van der Waals surface area (Å²) >= 11 is 3.01. The number of nitrogens with one attached hydrogen (secondary N) is 1. The number of carbonyl (C=O) groups excluding carboxylic acids is 1. The first-order chi connectivity index (χ1) is 11.2. The molecule has 1 heterocycles. The standard InChI is InChI=1S/C16H20N2O3S2/c1-3-20-13-4-6-14(7-5-13)21-9-8-17-15(19)11-23-16-18-12(2)10-22-16/h4-7,10H,3,8-9,11H2,1-2H3,(H,17,19). The van der Waals surface area contributed by atoms with E-state index in [1.165, 1.54) is 11.8 Å². The lowest BCUT2D eigenvalue weighted by Crippen LogP contribution is -2.29. The van der Waals surface area contributed by atoms with Gasteiger partial charge in [0.25, 0.3) is 0 Å². The summed E-state index contributed by atoms with van der Waals surface area (Å²) in [5, 5.41) is 4.81. The predicted molar refractivity (Wildman–Crippen MR) is 93.7 cm³/mol. The Morgan fingerprint density at radius 1 is 1.26 bits per heavy atom. The highest BCUT2D eigenvalue weighted by Gasteiger charge is 2.05. The van der Waals surface area contributed by atoms with Crippen molar-refractivity contribution in [1.29, 1.82) is 0 Å². The van der Waals surface area contributed by atoms with Crippen LogP contribution >= 0.6 is 23.1 Å². The molecule has 0 bridgehead atoms. The van der Waals surface area contributed by atoms with Crippen LogP contribution in [-0.2, 0) is 4.79 Å². The summed E-state index contributed by atoms with van der Waals surface area (Å²) < 4.78 is 11.9. The average molecular weight is 352 g/mol. The minimum atomic E-state index is -0.0156. The van der Waals surface area contributed by atoms with Crippen LogP contribution < -0.4 is 14.8 Å². The van der Waals surface area contributed by atoms with Crippen molar-refractivity contribution in [2.45, 2.75) is 18.2 Å². The van der Waals surface area contributed by atoms with E-state index in [1.54, 1.807) is 11.3 Å². The van der Waals surface area contributed by atoms with Crippen LogP contribution in [0.3, 0.4) is 0 Å². The second-order valence-corrected chi connectivity index (χ2v) is 6.73. The fourth-order valence-electron chi connectivity index (χ4n) is 1.74. The van der Waals surface area contributed by atoms with Crippen molar-refractivity contribution in [3.63, 3.8) is 0 Å². The van der Waals surface area contributed by atoms with Gasteiger partial charge in [-0.25, -0.2) is 4.98 Å². The van der Waals surface area contributed by atoms with E-state index < -0.39 is 0 Å². The van der Waals surface area contributed by atoms with Gasteiger partial charge in [0.05, 0.1) is 18.9 Å². The Hall–Kier alpha value is -1.73. The molecule has 0 fully saturated rings. The maximum atomic E-state index is 11.7. The lowest BCUT2D eigenvalue weighted by Gasteiger charge is -2.08. The molecule has 0 radical (unpaired) electrons. The first kappa shape index (κ1) is 17.6. The van der Waals surface area contributed by atoms with E-state index in [-0.39, 0.29) is 5.91 Å². The summed E-state index contributed by atoms with van der Waals surface area (Å²) in [6, 6.07) is 7.44. The number of ether oxygens (including phenoxy) is 2. The third-order valence-corrected chi connectivity index (χ3v) is 4.89. The van der Waals surface area contributed by atoms with Crippen LogP contribution in [0.4, 0.5) is 0 Å². The maximum absolute atomic E-state index is 11.7. The van der Waals surface area contributed by atoms with Gasteiger partial charge < -0.3 is 14.8 Å². The molecule has 5 nitrogen and oxygen atoms in total. The number of thiazole rings is 1. The Balaban J connectivity index is 1.60. The molecule has 7 heteroatoms. The van der Waals surface area contributed by atoms with Crippen LogP contribution in [0.15, 0.2) is 34.0 Å². The van der Waals surface area contributed by atoms with E-state index in [1.807, 2.05) is 43.5 Å². The summed E-state index contributed by atoms with van der Waals surface area (Å²) in [5.41, 5.74) is 0.988. The van der Waals surface area contributed by atoms with E-state index in [4.69, 9.17) is 9.47 Å². The number of hydrogen-bond donors (Lipinski definition) is 1. The third-order valence-electron chi connectivity index (χ3n) is 2.75. The number of rotatable bonds is 9. The number of nitrogens with zero attached hydrogens (tertiary/aromatic N) is 1. The number of benzene rings is 1. The van der Waals surface area contributed by atoms with E-state index in [0.717, 1.165) is 21.5 Å². The summed E-state index contributed by atoms with van der Waals surface area (Å²) in [6.45, 7) is 5.44. The van der Waals surface area contributed by atoms with Crippen LogP contribution in [-0.4, -0.2) is 36.4 Å². The SMILES string of the molecule is CCOc1ccc(OCCNC(=O)CSc2nc(C)cs2)cc1. The molecule has 0 atom stereocenters. The monoisotopic (exact) mass is 352 g/mol. The summed E-state index contributed by atoms with van der Waals surface area (Å²) in [4.78, 5) is 16.0. The maximum Gasteiger partial charge on any atom is 0.230 e. The lowest BCUT2D eigenvalue weighted by atomic mass is 10.3. The van der Waals surface area contributed by atoms with Crippen molar-refractivity contribution in [2.24, 2.45) is 0 Å². The molecule has 2 aromatic rings. The van der Waals surface area contributed by atoms with Gasteiger partial charge in [0.1, 0.15) is 18.1 Å². The smallest absolute Gasteiger partial charge is 0.230 e. The van der Waals surface area contributed by atoms with E-state index >= 15 is 0 Å². The average Bonchev–Trinajstić information content (AvgIpc) is 2.97. The van der Waals surface area contributed by atoms with Crippen molar-refractivity contribution >= 4 is 29.0 Å². The molecule has 0 aliphatic heterocycles. The van der Waals surface area contributed by atoms with Gasteiger partial charge in [0, 0.05) is 11.1 Å². The molecular weight excluding hydrogens is 332 g/mol. The number of aromatic nitrogens is 1. The molecular formula is C16H20N2O3S2. The molecule has 0 aliphatic carbocycles. The Bertz CT molecular complexity index is 614. The van der Waals surface area contributed by atoms with Crippen LogP contribution in [0.2, 0.25) is 0 Å². The molecule has 0 saturated carbocycles. The van der Waals surface area contributed by atoms with Gasteiger partial charge in [-0.1, -0.05) is 11.8 Å². The minimum Gasteiger partial charge on any atom is -0.494 e. The first-order valence-electron chi connectivity index (χ1n) is 7.34. The van der Waals surface area contributed by atoms with Gasteiger partial charge >= 0.3 is 0 Å². The highest BCUT2D eigenvalue weighted by Crippen LogP contribution is 2.21. The second kappa shape index (κ2) is 9.42. The lowest BCUT2D eigenvalue weighted by molar-refractivity contribution is -0.118. The number of hydrogen-bond acceptors (Lipinski definition) is 6. The van der Waals surface area contributed by atoms with E-state index in [2.05, 4.69) is 10.3 Å². The topological polar surface area (TPSA) is 60.5 Å². The molecule has 1 aromatic heterocycles. The van der Waals surface area contributed by atoms with E-state index in [0.29, 0.717) is 25.5 Å². The van der Waals surface area contributed by atoms with Crippen LogP contribution in [0.25, 0.3) is 0 Å². The fraction of sp³-hybridized carbons (Fsp3) is 0.375.